The molecule has 1 aromatic carbocycles. The molecule has 0 bridgehead atoms. The molecular weight excluding hydrogens is 384 g/mol. The molecule has 0 saturated carbocycles. The molecule has 1 atom stereocenters. The maximum Gasteiger partial charge on any atom is 0.349 e. The van der Waals surface area contributed by atoms with E-state index in [-0.39, 0.29) is 11.4 Å². The van der Waals surface area contributed by atoms with E-state index in [2.05, 4.69) is 5.32 Å². The molecular formula is C19H20N2O6S. The molecule has 28 heavy (non-hydrogen) atoms. The highest BCUT2D eigenvalue weighted by Gasteiger charge is 2.25. The molecule has 9 heteroatoms. The molecule has 1 aromatic heterocycles. The van der Waals surface area contributed by atoms with Gasteiger partial charge in [0.05, 0.1) is 18.1 Å². The Bertz CT molecular complexity index is 900. The van der Waals surface area contributed by atoms with E-state index < -0.39 is 22.9 Å². The largest absolute Gasteiger partial charge is 0.496 e. The number of hydrogen-bond donors (Lipinski definition) is 1. The number of esters is 1. The quantitative estimate of drug-likeness (QED) is 0.446. The summed E-state index contributed by atoms with van der Waals surface area (Å²) in [6.07, 6.45) is 3.04. The van der Waals surface area contributed by atoms with Crippen LogP contribution in [0.3, 0.4) is 0 Å². The lowest BCUT2D eigenvalue weighted by Crippen LogP contribution is -2.30. The first-order chi connectivity index (χ1) is 13.4. The Labute approximate surface area is 165 Å². The number of nitrogens with one attached hydrogen (secondary N) is 1. The number of ether oxygens (including phenoxy) is 2. The molecule has 1 aliphatic carbocycles. The van der Waals surface area contributed by atoms with Crippen LogP contribution in [0.5, 0.6) is 5.75 Å². The summed E-state index contributed by atoms with van der Waals surface area (Å²) < 4.78 is 10.2. The Kier molecular flexibility index (Phi) is 5.93. The summed E-state index contributed by atoms with van der Waals surface area (Å²) in [5, 5.41) is 13.7. The van der Waals surface area contributed by atoms with Crippen LogP contribution >= 0.6 is 11.3 Å². The van der Waals surface area contributed by atoms with Gasteiger partial charge in [0, 0.05) is 4.88 Å². The first-order valence-corrected chi connectivity index (χ1v) is 9.66. The molecule has 1 heterocycles. The van der Waals surface area contributed by atoms with Crippen molar-refractivity contribution in [1.82, 2.24) is 0 Å². The molecule has 1 amide bonds. The van der Waals surface area contributed by atoms with Gasteiger partial charge in [0.15, 0.2) is 6.10 Å². The molecule has 148 valence electrons. The Morgan fingerprint density at radius 1 is 1.25 bits per heavy atom. The number of methoxy groups -OCH3 is 1. The van der Waals surface area contributed by atoms with Crippen molar-refractivity contribution in [2.75, 3.05) is 12.4 Å². The van der Waals surface area contributed by atoms with E-state index in [0.717, 1.165) is 25.7 Å². The zero-order chi connectivity index (χ0) is 20.3. The van der Waals surface area contributed by atoms with Gasteiger partial charge in [-0.3, -0.25) is 14.9 Å². The van der Waals surface area contributed by atoms with Crippen LogP contribution in [0, 0.1) is 10.1 Å². The van der Waals surface area contributed by atoms with E-state index in [1.165, 1.54) is 54.0 Å². The van der Waals surface area contributed by atoms with Crippen LogP contribution in [-0.4, -0.2) is 30.0 Å². The SMILES string of the molecule is COc1ccc(NC(=O)[C@@H](C)OC(=O)c2cc3c(s2)CCCC3)c([N+](=O)[O-])c1. The van der Waals surface area contributed by atoms with Crippen LogP contribution in [0.2, 0.25) is 0 Å². The Balaban J connectivity index is 1.67. The van der Waals surface area contributed by atoms with Crippen LogP contribution < -0.4 is 10.1 Å². The molecule has 0 saturated heterocycles. The van der Waals surface area contributed by atoms with Crippen LogP contribution in [0.15, 0.2) is 24.3 Å². The van der Waals surface area contributed by atoms with Gasteiger partial charge in [-0.05, 0) is 56.4 Å². The van der Waals surface area contributed by atoms with Crippen LogP contribution in [0.25, 0.3) is 0 Å². The maximum absolute atomic E-state index is 12.4. The monoisotopic (exact) mass is 404 g/mol. The summed E-state index contributed by atoms with van der Waals surface area (Å²) in [6, 6.07) is 5.91. The number of fused-ring (bicyclic) bond motifs is 1. The molecule has 0 radical (unpaired) electrons. The standard InChI is InChI=1S/C19H20N2O6S/c1-11(27-19(23)17-9-12-5-3-4-6-16(12)28-17)18(22)20-14-8-7-13(26-2)10-15(14)21(24)25/h7-11H,3-6H2,1-2H3,(H,20,22)/t11-/m1/s1. The number of benzene rings is 1. The van der Waals surface area contributed by atoms with E-state index in [1.807, 2.05) is 6.07 Å². The first-order valence-electron chi connectivity index (χ1n) is 8.85. The second-order valence-corrected chi connectivity index (χ2v) is 7.58. The zero-order valence-electron chi connectivity index (χ0n) is 15.5. The fraction of sp³-hybridized carbons (Fsp3) is 0.368. The van der Waals surface area contributed by atoms with E-state index >= 15 is 0 Å². The van der Waals surface area contributed by atoms with Crippen LogP contribution in [-0.2, 0) is 22.4 Å². The van der Waals surface area contributed by atoms with Gasteiger partial charge in [0.2, 0.25) is 0 Å². The molecule has 1 N–H and O–H groups in total. The minimum Gasteiger partial charge on any atom is -0.496 e. The molecule has 8 nitrogen and oxygen atoms in total. The topological polar surface area (TPSA) is 108 Å². The number of amides is 1. The van der Waals surface area contributed by atoms with Gasteiger partial charge in [-0.25, -0.2) is 4.79 Å². The Hall–Kier alpha value is -2.94. The second kappa shape index (κ2) is 8.39. The third kappa shape index (κ3) is 4.30. The van der Waals surface area contributed by atoms with Gasteiger partial charge in [0.25, 0.3) is 11.6 Å². The van der Waals surface area contributed by atoms with Crippen LogP contribution in [0.1, 0.15) is 39.9 Å². The third-order valence-corrected chi connectivity index (χ3v) is 5.73. The summed E-state index contributed by atoms with van der Waals surface area (Å²) in [5.41, 5.74) is 0.872. The summed E-state index contributed by atoms with van der Waals surface area (Å²) in [4.78, 5) is 37.0. The van der Waals surface area contributed by atoms with Gasteiger partial charge >= 0.3 is 5.97 Å². The number of hydrogen-bond acceptors (Lipinski definition) is 7. The predicted molar refractivity (Wildman–Crippen MR) is 104 cm³/mol. The first kappa shape index (κ1) is 19.8. The molecule has 0 fully saturated rings. The molecule has 0 aliphatic heterocycles. The lowest BCUT2D eigenvalue weighted by Gasteiger charge is -2.13. The van der Waals surface area contributed by atoms with Crippen molar-refractivity contribution < 1.29 is 24.0 Å². The Morgan fingerprint density at radius 3 is 2.68 bits per heavy atom. The lowest BCUT2D eigenvalue weighted by atomic mass is 9.99. The molecule has 2 aromatic rings. The Morgan fingerprint density at radius 2 is 2.00 bits per heavy atom. The highest BCUT2D eigenvalue weighted by atomic mass is 32.1. The van der Waals surface area contributed by atoms with Crippen LogP contribution in [0.4, 0.5) is 11.4 Å². The number of nitrogens with zero attached hydrogens (tertiary/aromatic N) is 1. The molecule has 0 unspecified atom stereocenters. The highest BCUT2D eigenvalue weighted by molar-refractivity contribution is 7.14. The van der Waals surface area contributed by atoms with E-state index in [4.69, 9.17) is 9.47 Å². The maximum atomic E-state index is 12.4. The number of rotatable bonds is 6. The summed E-state index contributed by atoms with van der Waals surface area (Å²) >= 11 is 1.40. The van der Waals surface area contributed by atoms with Gasteiger partial charge in [-0.15, -0.1) is 11.3 Å². The third-order valence-electron chi connectivity index (χ3n) is 4.51. The molecule has 3 rings (SSSR count). The smallest absolute Gasteiger partial charge is 0.349 e. The van der Waals surface area contributed by atoms with Gasteiger partial charge in [-0.1, -0.05) is 0 Å². The summed E-state index contributed by atoms with van der Waals surface area (Å²) in [7, 11) is 1.39. The number of nitro benzene ring substituents is 1. The van der Waals surface area contributed by atoms with Crippen molar-refractivity contribution in [2.24, 2.45) is 0 Å². The second-order valence-electron chi connectivity index (χ2n) is 6.44. The summed E-state index contributed by atoms with van der Waals surface area (Å²) in [6.45, 7) is 1.43. The van der Waals surface area contributed by atoms with E-state index in [0.29, 0.717) is 10.6 Å². The van der Waals surface area contributed by atoms with Crippen molar-refractivity contribution in [3.8, 4) is 5.75 Å². The number of carbonyl (C=O) groups excluding carboxylic acids is 2. The summed E-state index contributed by atoms with van der Waals surface area (Å²) in [5.74, 6) is -0.917. The lowest BCUT2D eigenvalue weighted by molar-refractivity contribution is -0.384. The predicted octanol–water partition coefficient (Wildman–Crippen LogP) is 3.73. The minimum absolute atomic E-state index is 0.00490. The normalized spacial score (nSPS) is 13.9. The van der Waals surface area contributed by atoms with Gasteiger partial charge in [-0.2, -0.15) is 0 Å². The highest BCUT2D eigenvalue weighted by Crippen LogP contribution is 2.31. The zero-order valence-corrected chi connectivity index (χ0v) is 16.3. The number of aryl methyl sites for hydroxylation is 2. The van der Waals surface area contributed by atoms with Crippen molar-refractivity contribution in [2.45, 2.75) is 38.7 Å². The molecule has 1 aliphatic rings. The van der Waals surface area contributed by atoms with E-state index in [9.17, 15) is 19.7 Å². The fourth-order valence-corrected chi connectivity index (χ4v) is 4.13. The average Bonchev–Trinajstić information content (AvgIpc) is 3.12. The van der Waals surface area contributed by atoms with Crippen molar-refractivity contribution in [3.05, 3.63) is 49.7 Å². The van der Waals surface area contributed by atoms with Crippen molar-refractivity contribution in [1.29, 1.82) is 0 Å². The molecule has 0 spiro atoms. The average molecular weight is 404 g/mol. The number of anilines is 1. The number of nitro groups is 1. The van der Waals surface area contributed by atoms with Crippen molar-refractivity contribution >= 4 is 34.6 Å². The van der Waals surface area contributed by atoms with Crippen molar-refractivity contribution in [3.63, 3.8) is 0 Å². The van der Waals surface area contributed by atoms with Gasteiger partial charge < -0.3 is 14.8 Å². The fourth-order valence-electron chi connectivity index (χ4n) is 2.99. The minimum atomic E-state index is -1.10. The number of thiophene rings is 1. The van der Waals surface area contributed by atoms with Gasteiger partial charge in [0.1, 0.15) is 16.3 Å². The number of carbonyl (C=O) groups is 2. The van der Waals surface area contributed by atoms with E-state index in [1.54, 1.807) is 0 Å².